The number of rotatable bonds is 9. The van der Waals surface area contributed by atoms with Crippen LogP contribution >= 0.6 is 0 Å². The molecule has 1 aliphatic heterocycles. The Kier molecular flexibility index (Phi) is 8.21. The van der Waals surface area contributed by atoms with Gasteiger partial charge in [0.1, 0.15) is 0 Å². The molecule has 1 unspecified atom stereocenters. The molecule has 0 spiro atoms. The molecule has 1 aromatic carbocycles. The van der Waals surface area contributed by atoms with Gasteiger partial charge in [-0.15, -0.1) is 0 Å². The maximum Gasteiger partial charge on any atom is 0.260 e. The number of benzene rings is 1. The number of carbonyl (C=O) groups is 2. The highest BCUT2D eigenvalue weighted by Crippen LogP contribution is 2.26. The summed E-state index contributed by atoms with van der Waals surface area (Å²) in [7, 11) is 0. The van der Waals surface area contributed by atoms with Gasteiger partial charge in [0, 0.05) is 32.1 Å². The first-order valence-electron chi connectivity index (χ1n) is 9.26. The van der Waals surface area contributed by atoms with E-state index in [4.69, 9.17) is 15.2 Å². The largest absolute Gasteiger partial charge is 0.490 e. The van der Waals surface area contributed by atoms with Crippen molar-refractivity contribution in [2.24, 2.45) is 5.73 Å². The van der Waals surface area contributed by atoms with Gasteiger partial charge in [0.25, 0.3) is 5.91 Å². The average Bonchev–Trinajstić information content (AvgIpc) is 2.66. The van der Waals surface area contributed by atoms with Crippen LogP contribution < -0.4 is 20.5 Å². The van der Waals surface area contributed by atoms with Gasteiger partial charge in [0.2, 0.25) is 5.91 Å². The van der Waals surface area contributed by atoms with Crippen LogP contribution in [0.15, 0.2) is 24.3 Å². The van der Waals surface area contributed by atoms with E-state index in [2.05, 4.69) is 5.32 Å². The van der Waals surface area contributed by atoms with Crippen molar-refractivity contribution in [3.8, 4) is 11.5 Å². The number of hydrogen-bond acceptors (Lipinski definition) is 5. The van der Waals surface area contributed by atoms with Crippen molar-refractivity contribution < 1.29 is 19.1 Å². The number of ether oxygens (including phenoxy) is 2. The van der Waals surface area contributed by atoms with E-state index in [1.165, 1.54) is 0 Å². The predicted molar refractivity (Wildman–Crippen MR) is 99.1 cm³/mol. The number of hydrogen-bond donors (Lipinski definition) is 2. The van der Waals surface area contributed by atoms with Gasteiger partial charge < -0.3 is 25.4 Å². The van der Waals surface area contributed by atoms with Crippen LogP contribution in [0.1, 0.15) is 32.6 Å². The van der Waals surface area contributed by atoms with Crippen LogP contribution in [0.2, 0.25) is 0 Å². The quantitative estimate of drug-likeness (QED) is 0.690. The van der Waals surface area contributed by atoms with Crippen molar-refractivity contribution in [2.45, 2.75) is 38.6 Å². The lowest BCUT2D eigenvalue weighted by Crippen LogP contribution is -2.50. The van der Waals surface area contributed by atoms with Gasteiger partial charge in [-0.3, -0.25) is 9.59 Å². The predicted octanol–water partition coefficient (Wildman–Crippen LogP) is 1.31. The Bertz CT molecular complexity index is 594. The van der Waals surface area contributed by atoms with Gasteiger partial charge in [-0.05, 0) is 38.3 Å². The van der Waals surface area contributed by atoms with Crippen LogP contribution in [0.5, 0.6) is 11.5 Å². The van der Waals surface area contributed by atoms with Crippen molar-refractivity contribution >= 4 is 11.8 Å². The van der Waals surface area contributed by atoms with E-state index in [1.54, 1.807) is 6.07 Å². The molecule has 7 nitrogen and oxygen atoms in total. The Hall–Kier alpha value is -2.28. The maximum atomic E-state index is 12.6. The fourth-order valence-corrected chi connectivity index (χ4v) is 3.06. The lowest BCUT2D eigenvalue weighted by Gasteiger charge is -2.35. The molecular weight excluding hydrogens is 334 g/mol. The Balaban J connectivity index is 1.90. The topological polar surface area (TPSA) is 93.9 Å². The molecule has 0 radical (unpaired) electrons. The highest BCUT2D eigenvalue weighted by Gasteiger charge is 2.27. The van der Waals surface area contributed by atoms with E-state index in [-0.39, 0.29) is 24.5 Å². The average molecular weight is 363 g/mol. The molecule has 1 aromatic rings. The summed E-state index contributed by atoms with van der Waals surface area (Å²) in [6, 6.07) is 7.33. The van der Waals surface area contributed by atoms with E-state index >= 15 is 0 Å². The molecule has 0 aliphatic carbocycles. The Morgan fingerprint density at radius 2 is 1.96 bits per heavy atom. The number of likely N-dealkylation sites (tertiary alicyclic amines) is 1. The number of nitrogens with zero attached hydrogens (tertiary/aromatic N) is 1. The minimum atomic E-state index is -0.0765. The first-order valence-corrected chi connectivity index (χ1v) is 9.26. The number of nitrogens with two attached hydrogens (primary N) is 1. The molecule has 0 aromatic heterocycles. The van der Waals surface area contributed by atoms with Crippen LogP contribution in [0.4, 0.5) is 0 Å². The number of carbonyl (C=O) groups excluding carboxylic acids is 2. The van der Waals surface area contributed by atoms with Gasteiger partial charge >= 0.3 is 0 Å². The second-order valence-electron chi connectivity index (χ2n) is 6.25. The number of amides is 2. The third-order valence-electron chi connectivity index (χ3n) is 4.35. The van der Waals surface area contributed by atoms with Crippen molar-refractivity contribution in [1.29, 1.82) is 0 Å². The number of para-hydroxylation sites is 2. The summed E-state index contributed by atoms with van der Waals surface area (Å²) in [4.78, 5) is 26.1. The van der Waals surface area contributed by atoms with E-state index in [1.807, 2.05) is 30.0 Å². The van der Waals surface area contributed by atoms with Gasteiger partial charge in [-0.1, -0.05) is 12.1 Å². The molecule has 1 heterocycles. The second-order valence-corrected chi connectivity index (χ2v) is 6.25. The third kappa shape index (κ3) is 5.91. The standard InChI is InChI=1S/C19H29N3O4/c1-2-25-16-8-3-4-9-17(16)26-14-19(24)22-12-6-5-7-15(22)13-21-18(23)10-11-20/h3-4,8-9,15H,2,5-7,10-14,20H2,1H3,(H,21,23). The highest BCUT2D eigenvalue weighted by atomic mass is 16.5. The SMILES string of the molecule is CCOc1ccccc1OCC(=O)N1CCCCC1CNC(=O)CCN. The first-order chi connectivity index (χ1) is 12.7. The molecule has 1 aliphatic rings. The lowest BCUT2D eigenvalue weighted by atomic mass is 10.0. The number of nitrogens with one attached hydrogen (secondary N) is 1. The second kappa shape index (κ2) is 10.7. The molecule has 1 fully saturated rings. The van der Waals surface area contributed by atoms with Gasteiger partial charge in [0.05, 0.1) is 6.61 Å². The lowest BCUT2D eigenvalue weighted by molar-refractivity contribution is -0.137. The molecule has 144 valence electrons. The molecule has 1 atom stereocenters. The van der Waals surface area contributed by atoms with Crippen molar-refractivity contribution in [2.75, 3.05) is 32.8 Å². The molecule has 0 saturated carbocycles. The molecule has 0 bridgehead atoms. The Labute approximate surface area is 154 Å². The zero-order valence-corrected chi connectivity index (χ0v) is 15.4. The molecule has 26 heavy (non-hydrogen) atoms. The zero-order chi connectivity index (χ0) is 18.8. The van der Waals surface area contributed by atoms with E-state index in [0.29, 0.717) is 44.2 Å². The fourth-order valence-electron chi connectivity index (χ4n) is 3.06. The summed E-state index contributed by atoms with van der Waals surface area (Å²) >= 11 is 0. The van der Waals surface area contributed by atoms with Gasteiger partial charge in [-0.2, -0.15) is 0 Å². The van der Waals surface area contributed by atoms with E-state index in [9.17, 15) is 9.59 Å². The van der Waals surface area contributed by atoms with Crippen LogP contribution in [0, 0.1) is 0 Å². The molecule has 7 heteroatoms. The smallest absolute Gasteiger partial charge is 0.260 e. The molecule has 2 amide bonds. The van der Waals surface area contributed by atoms with Crippen molar-refractivity contribution in [3.05, 3.63) is 24.3 Å². The summed E-state index contributed by atoms with van der Waals surface area (Å²) in [6.45, 7) is 3.86. The summed E-state index contributed by atoms with van der Waals surface area (Å²) in [5.41, 5.74) is 5.39. The Morgan fingerprint density at radius 1 is 1.23 bits per heavy atom. The van der Waals surface area contributed by atoms with E-state index < -0.39 is 0 Å². The molecular formula is C19H29N3O4. The summed E-state index contributed by atoms with van der Waals surface area (Å²) in [6.07, 6.45) is 3.20. The number of piperidine rings is 1. The van der Waals surface area contributed by atoms with Crippen LogP contribution in [-0.4, -0.2) is 55.6 Å². The van der Waals surface area contributed by atoms with Crippen LogP contribution in [0.25, 0.3) is 0 Å². The molecule has 1 saturated heterocycles. The Morgan fingerprint density at radius 3 is 2.65 bits per heavy atom. The molecule has 3 N–H and O–H groups in total. The first kappa shape index (κ1) is 20.0. The normalized spacial score (nSPS) is 16.8. The van der Waals surface area contributed by atoms with Gasteiger partial charge in [-0.25, -0.2) is 0 Å². The minimum Gasteiger partial charge on any atom is -0.490 e. The fraction of sp³-hybridized carbons (Fsp3) is 0.579. The van der Waals surface area contributed by atoms with Crippen molar-refractivity contribution in [1.82, 2.24) is 10.2 Å². The zero-order valence-electron chi connectivity index (χ0n) is 15.4. The minimum absolute atomic E-state index is 0.00344. The van der Waals surface area contributed by atoms with Crippen molar-refractivity contribution in [3.63, 3.8) is 0 Å². The van der Waals surface area contributed by atoms with Crippen LogP contribution in [-0.2, 0) is 9.59 Å². The monoisotopic (exact) mass is 363 g/mol. The summed E-state index contributed by atoms with van der Waals surface area (Å²) < 4.78 is 11.2. The summed E-state index contributed by atoms with van der Waals surface area (Å²) in [5, 5.41) is 2.86. The third-order valence-corrected chi connectivity index (χ3v) is 4.35. The maximum absolute atomic E-state index is 12.6. The van der Waals surface area contributed by atoms with Gasteiger partial charge in [0.15, 0.2) is 18.1 Å². The van der Waals surface area contributed by atoms with Crippen LogP contribution in [0.3, 0.4) is 0 Å². The summed E-state index contributed by atoms with van der Waals surface area (Å²) in [5.74, 6) is 1.04. The highest BCUT2D eigenvalue weighted by molar-refractivity contribution is 5.79. The molecule has 2 rings (SSSR count). The van der Waals surface area contributed by atoms with E-state index in [0.717, 1.165) is 19.3 Å².